The van der Waals surface area contributed by atoms with Crippen molar-refractivity contribution in [2.24, 2.45) is 11.7 Å². The zero-order valence-corrected chi connectivity index (χ0v) is 10.4. The molecular formula is C13H24N2O. The molecule has 92 valence electrons. The van der Waals surface area contributed by atoms with E-state index in [-0.39, 0.29) is 5.91 Å². The van der Waals surface area contributed by atoms with Crippen molar-refractivity contribution in [3.05, 3.63) is 0 Å². The summed E-state index contributed by atoms with van der Waals surface area (Å²) in [5.41, 5.74) is 5.75. The van der Waals surface area contributed by atoms with Crippen LogP contribution in [0.15, 0.2) is 0 Å². The molecule has 2 fully saturated rings. The Balaban J connectivity index is 1.96. The molecule has 3 heteroatoms. The van der Waals surface area contributed by atoms with Gasteiger partial charge in [-0.25, -0.2) is 0 Å². The van der Waals surface area contributed by atoms with Gasteiger partial charge < -0.3 is 10.6 Å². The maximum Gasteiger partial charge on any atom is 0.242 e. The molecule has 1 aliphatic heterocycles. The maximum atomic E-state index is 12.4. The topological polar surface area (TPSA) is 46.3 Å². The minimum Gasteiger partial charge on any atom is -0.341 e. The molecule has 2 aliphatic rings. The summed E-state index contributed by atoms with van der Waals surface area (Å²) in [6.45, 7) is 4.07. The van der Waals surface area contributed by atoms with E-state index in [1.165, 1.54) is 19.3 Å². The van der Waals surface area contributed by atoms with Gasteiger partial charge in [-0.3, -0.25) is 4.79 Å². The van der Waals surface area contributed by atoms with Crippen LogP contribution in [0.3, 0.4) is 0 Å². The summed E-state index contributed by atoms with van der Waals surface area (Å²) in [4.78, 5) is 14.4. The van der Waals surface area contributed by atoms with Crippen LogP contribution in [0.2, 0.25) is 0 Å². The van der Waals surface area contributed by atoms with Crippen LogP contribution in [-0.2, 0) is 4.79 Å². The fourth-order valence-electron chi connectivity index (χ4n) is 3.06. The Morgan fingerprint density at radius 2 is 2.06 bits per heavy atom. The lowest BCUT2D eigenvalue weighted by molar-refractivity contribution is -0.137. The van der Waals surface area contributed by atoms with Gasteiger partial charge in [0, 0.05) is 13.1 Å². The van der Waals surface area contributed by atoms with Gasteiger partial charge in [0.15, 0.2) is 0 Å². The van der Waals surface area contributed by atoms with Crippen molar-refractivity contribution in [2.45, 2.75) is 57.4 Å². The van der Waals surface area contributed by atoms with Gasteiger partial charge in [-0.05, 0) is 25.2 Å². The second-order valence-corrected chi connectivity index (χ2v) is 5.53. The van der Waals surface area contributed by atoms with Gasteiger partial charge in [0.05, 0.1) is 5.54 Å². The molecule has 1 aliphatic carbocycles. The van der Waals surface area contributed by atoms with E-state index >= 15 is 0 Å². The number of hydrogen-bond donors (Lipinski definition) is 1. The van der Waals surface area contributed by atoms with E-state index in [2.05, 4.69) is 6.92 Å². The van der Waals surface area contributed by atoms with Gasteiger partial charge in [0.2, 0.25) is 5.91 Å². The SMILES string of the molecule is CCC1CCN(C(=O)C2(N)CCCCC2)C1. The largest absolute Gasteiger partial charge is 0.341 e. The summed E-state index contributed by atoms with van der Waals surface area (Å²) in [6, 6.07) is 0. The average Bonchev–Trinajstić information content (AvgIpc) is 2.77. The highest BCUT2D eigenvalue weighted by Gasteiger charge is 2.40. The number of amides is 1. The molecule has 2 N–H and O–H groups in total. The van der Waals surface area contributed by atoms with Crippen LogP contribution in [0.5, 0.6) is 0 Å². The minimum atomic E-state index is -0.527. The highest BCUT2D eigenvalue weighted by atomic mass is 16.2. The molecule has 1 unspecified atom stereocenters. The van der Waals surface area contributed by atoms with Gasteiger partial charge in [-0.2, -0.15) is 0 Å². The Labute approximate surface area is 98.4 Å². The summed E-state index contributed by atoms with van der Waals surface area (Å²) >= 11 is 0. The van der Waals surface area contributed by atoms with Crippen molar-refractivity contribution in [3.8, 4) is 0 Å². The van der Waals surface area contributed by atoms with E-state index in [1.807, 2.05) is 4.90 Å². The first-order chi connectivity index (χ1) is 7.65. The van der Waals surface area contributed by atoms with Crippen molar-refractivity contribution in [2.75, 3.05) is 13.1 Å². The maximum absolute atomic E-state index is 12.4. The number of nitrogens with zero attached hydrogens (tertiary/aromatic N) is 1. The van der Waals surface area contributed by atoms with E-state index in [0.717, 1.165) is 38.8 Å². The van der Waals surface area contributed by atoms with Crippen molar-refractivity contribution in [1.29, 1.82) is 0 Å². The first kappa shape index (κ1) is 11.9. The van der Waals surface area contributed by atoms with Crippen LogP contribution in [0.1, 0.15) is 51.9 Å². The van der Waals surface area contributed by atoms with Gasteiger partial charge in [0.1, 0.15) is 0 Å². The third-order valence-corrected chi connectivity index (χ3v) is 4.32. The first-order valence-corrected chi connectivity index (χ1v) is 6.74. The predicted octanol–water partition coefficient (Wildman–Crippen LogP) is 1.91. The Bertz CT molecular complexity index is 259. The van der Waals surface area contributed by atoms with Gasteiger partial charge in [-0.15, -0.1) is 0 Å². The van der Waals surface area contributed by atoms with Gasteiger partial charge in [0.25, 0.3) is 0 Å². The minimum absolute atomic E-state index is 0.225. The molecule has 1 heterocycles. The standard InChI is InChI=1S/C13H24N2O/c1-2-11-6-9-15(10-11)12(16)13(14)7-4-3-5-8-13/h11H,2-10,14H2,1H3. The first-order valence-electron chi connectivity index (χ1n) is 6.74. The Morgan fingerprint density at radius 1 is 1.38 bits per heavy atom. The van der Waals surface area contributed by atoms with Crippen LogP contribution in [0.25, 0.3) is 0 Å². The molecular weight excluding hydrogens is 200 g/mol. The van der Waals surface area contributed by atoms with Crippen LogP contribution < -0.4 is 5.73 Å². The van der Waals surface area contributed by atoms with E-state index < -0.39 is 5.54 Å². The molecule has 1 atom stereocenters. The summed E-state index contributed by atoms with van der Waals surface area (Å²) in [7, 11) is 0. The zero-order valence-electron chi connectivity index (χ0n) is 10.4. The van der Waals surface area contributed by atoms with Crippen molar-refractivity contribution >= 4 is 5.91 Å². The van der Waals surface area contributed by atoms with E-state index in [0.29, 0.717) is 5.92 Å². The molecule has 0 aromatic rings. The van der Waals surface area contributed by atoms with Crippen molar-refractivity contribution in [3.63, 3.8) is 0 Å². The molecule has 0 aromatic carbocycles. The van der Waals surface area contributed by atoms with Crippen molar-refractivity contribution < 1.29 is 4.79 Å². The Hall–Kier alpha value is -0.570. The third-order valence-electron chi connectivity index (χ3n) is 4.32. The zero-order chi connectivity index (χ0) is 11.6. The number of carbonyl (C=O) groups is 1. The lowest BCUT2D eigenvalue weighted by atomic mass is 9.81. The fourth-order valence-corrected chi connectivity index (χ4v) is 3.06. The quantitative estimate of drug-likeness (QED) is 0.778. The monoisotopic (exact) mass is 224 g/mol. The average molecular weight is 224 g/mol. The molecule has 2 rings (SSSR count). The number of nitrogens with two attached hydrogens (primary N) is 1. The van der Waals surface area contributed by atoms with Gasteiger partial charge >= 0.3 is 0 Å². The predicted molar refractivity (Wildman–Crippen MR) is 65.0 cm³/mol. The third kappa shape index (κ3) is 2.24. The van der Waals surface area contributed by atoms with E-state index in [4.69, 9.17) is 5.73 Å². The Morgan fingerprint density at radius 3 is 2.62 bits per heavy atom. The van der Waals surface area contributed by atoms with E-state index in [1.54, 1.807) is 0 Å². The fraction of sp³-hybridized carbons (Fsp3) is 0.923. The van der Waals surface area contributed by atoms with Gasteiger partial charge in [-0.1, -0.05) is 32.6 Å². The van der Waals surface area contributed by atoms with Crippen LogP contribution >= 0.6 is 0 Å². The number of carbonyl (C=O) groups excluding carboxylic acids is 1. The number of likely N-dealkylation sites (tertiary alicyclic amines) is 1. The molecule has 1 saturated heterocycles. The molecule has 0 spiro atoms. The smallest absolute Gasteiger partial charge is 0.242 e. The van der Waals surface area contributed by atoms with Crippen LogP contribution in [0.4, 0.5) is 0 Å². The molecule has 1 saturated carbocycles. The second kappa shape index (κ2) is 4.74. The molecule has 3 nitrogen and oxygen atoms in total. The second-order valence-electron chi connectivity index (χ2n) is 5.53. The summed E-state index contributed by atoms with van der Waals surface area (Å²) in [6.07, 6.45) is 7.60. The van der Waals surface area contributed by atoms with Crippen LogP contribution in [-0.4, -0.2) is 29.4 Å². The summed E-state index contributed by atoms with van der Waals surface area (Å²) in [5, 5.41) is 0. The Kier molecular flexibility index (Phi) is 3.53. The lowest BCUT2D eigenvalue weighted by Gasteiger charge is -2.35. The molecule has 0 aromatic heterocycles. The summed E-state index contributed by atoms with van der Waals surface area (Å²) in [5.74, 6) is 0.930. The van der Waals surface area contributed by atoms with E-state index in [9.17, 15) is 4.79 Å². The summed E-state index contributed by atoms with van der Waals surface area (Å²) < 4.78 is 0. The molecule has 0 bridgehead atoms. The molecule has 16 heavy (non-hydrogen) atoms. The highest BCUT2D eigenvalue weighted by Crippen LogP contribution is 2.30. The number of hydrogen-bond acceptors (Lipinski definition) is 2. The highest BCUT2D eigenvalue weighted by molar-refractivity contribution is 5.86. The molecule has 0 radical (unpaired) electrons. The lowest BCUT2D eigenvalue weighted by Crippen LogP contribution is -2.55. The normalized spacial score (nSPS) is 29.4. The van der Waals surface area contributed by atoms with Crippen LogP contribution in [0, 0.1) is 5.92 Å². The molecule has 1 amide bonds. The van der Waals surface area contributed by atoms with Crippen molar-refractivity contribution in [1.82, 2.24) is 4.90 Å². The number of rotatable bonds is 2.